The fourth-order valence-electron chi connectivity index (χ4n) is 2.50. The SMILES string of the molecule is CN(C)Cc1ccc(S(=O)(=O)NCCN2CCNCC2)cc1. The molecule has 0 spiro atoms. The summed E-state index contributed by atoms with van der Waals surface area (Å²) in [5.41, 5.74) is 1.10. The van der Waals surface area contributed by atoms with Gasteiger partial charge in [0, 0.05) is 45.8 Å². The number of hydrogen-bond donors (Lipinski definition) is 2. The number of piperazine rings is 1. The first kappa shape index (κ1) is 17.4. The lowest BCUT2D eigenvalue weighted by Crippen LogP contribution is -2.46. The van der Waals surface area contributed by atoms with Gasteiger partial charge in [0.05, 0.1) is 4.90 Å². The predicted octanol–water partition coefficient (Wildman–Crippen LogP) is -0.0683. The third-order valence-electron chi connectivity index (χ3n) is 3.66. The van der Waals surface area contributed by atoms with E-state index in [0.29, 0.717) is 11.4 Å². The molecular weight excluding hydrogens is 300 g/mol. The summed E-state index contributed by atoms with van der Waals surface area (Å²) in [7, 11) is 0.565. The van der Waals surface area contributed by atoms with Gasteiger partial charge in [-0.1, -0.05) is 12.1 Å². The number of rotatable bonds is 7. The summed E-state index contributed by atoms with van der Waals surface area (Å²) < 4.78 is 27.2. The summed E-state index contributed by atoms with van der Waals surface area (Å²) in [6.07, 6.45) is 0. The fourth-order valence-corrected chi connectivity index (χ4v) is 3.52. The molecule has 0 bridgehead atoms. The quantitative estimate of drug-likeness (QED) is 0.734. The van der Waals surface area contributed by atoms with Gasteiger partial charge in [-0.05, 0) is 31.8 Å². The van der Waals surface area contributed by atoms with Crippen LogP contribution < -0.4 is 10.0 Å². The highest BCUT2D eigenvalue weighted by molar-refractivity contribution is 7.89. The van der Waals surface area contributed by atoms with Crippen molar-refractivity contribution in [3.63, 3.8) is 0 Å². The molecule has 7 heteroatoms. The average molecular weight is 326 g/mol. The maximum Gasteiger partial charge on any atom is 0.240 e. The molecule has 0 atom stereocenters. The van der Waals surface area contributed by atoms with Gasteiger partial charge in [-0.25, -0.2) is 13.1 Å². The van der Waals surface area contributed by atoms with E-state index in [9.17, 15) is 8.42 Å². The van der Waals surface area contributed by atoms with Crippen LogP contribution in [0.25, 0.3) is 0 Å². The number of hydrogen-bond acceptors (Lipinski definition) is 5. The van der Waals surface area contributed by atoms with Gasteiger partial charge < -0.3 is 10.2 Å². The third-order valence-corrected chi connectivity index (χ3v) is 5.14. The first-order valence-corrected chi connectivity index (χ1v) is 9.12. The normalized spacial score (nSPS) is 17.0. The van der Waals surface area contributed by atoms with Crippen LogP contribution in [-0.2, 0) is 16.6 Å². The second kappa shape index (κ2) is 8.03. The average Bonchev–Trinajstić information content (AvgIpc) is 2.48. The Morgan fingerprint density at radius 2 is 1.82 bits per heavy atom. The molecule has 1 saturated heterocycles. The Morgan fingerprint density at radius 3 is 2.41 bits per heavy atom. The van der Waals surface area contributed by atoms with Crippen molar-refractivity contribution in [1.82, 2.24) is 19.8 Å². The molecule has 0 saturated carbocycles. The van der Waals surface area contributed by atoms with Crippen molar-refractivity contribution in [1.29, 1.82) is 0 Å². The summed E-state index contributed by atoms with van der Waals surface area (Å²) in [6.45, 7) is 5.89. The van der Waals surface area contributed by atoms with Gasteiger partial charge in [0.25, 0.3) is 0 Å². The topological polar surface area (TPSA) is 64.7 Å². The molecule has 2 N–H and O–H groups in total. The molecule has 22 heavy (non-hydrogen) atoms. The van der Waals surface area contributed by atoms with Crippen molar-refractivity contribution in [2.24, 2.45) is 0 Å². The van der Waals surface area contributed by atoms with E-state index in [2.05, 4.69) is 19.8 Å². The van der Waals surface area contributed by atoms with Gasteiger partial charge in [-0.3, -0.25) is 4.90 Å². The molecule has 2 rings (SSSR count). The Labute approximate surface area is 133 Å². The number of nitrogens with zero attached hydrogens (tertiary/aromatic N) is 2. The standard InChI is InChI=1S/C15H26N4O2S/c1-18(2)13-14-3-5-15(6-4-14)22(20,21)17-9-12-19-10-7-16-8-11-19/h3-6,16-17H,7-13H2,1-2H3. The van der Waals surface area contributed by atoms with Crippen molar-refractivity contribution >= 4 is 10.0 Å². The van der Waals surface area contributed by atoms with Crippen molar-refractivity contribution in [3.8, 4) is 0 Å². The van der Waals surface area contributed by atoms with Crippen molar-refractivity contribution in [2.75, 3.05) is 53.4 Å². The van der Waals surface area contributed by atoms with Crippen LogP contribution in [0.4, 0.5) is 0 Å². The first-order chi connectivity index (χ1) is 10.5. The predicted molar refractivity (Wildman–Crippen MR) is 88.3 cm³/mol. The Morgan fingerprint density at radius 1 is 1.18 bits per heavy atom. The molecule has 0 radical (unpaired) electrons. The van der Waals surface area contributed by atoms with Crippen LogP contribution in [0.3, 0.4) is 0 Å². The number of sulfonamides is 1. The first-order valence-electron chi connectivity index (χ1n) is 7.64. The minimum absolute atomic E-state index is 0.329. The van der Waals surface area contributed by atoms with E-state index in [1.807, 2.05) is 26.2 Å². The molecule has 0 amide bonds. The minimum Gasteiger partial charge on any atom is -0.314 e. The summed E-state index contributed by atoms with van der Waals surface area (Å²) in [6, 6.07) is 7.08. The largest absolute Gasteiger partial charge is 0.314 e. The highest BCUT2D eigenvalue weighted by atomic mass is 32.2. The van der Waals surface area contributed by atoms with Gasteiger partial charge in [-0.15, -0.1) is 0 Å². The van der Waals surface area contributed by atoms with E-state index in [-0.39, 0.29) is 0 Å². The molecule has 0 aromatic heterocycles. The smallest absolute Gasteiger partial charge is 0.240 e. The van der Waals surface area contributed by atoms with Crippen LogP contribution >= 0.6 is 0 Å². The molecule has 0 aliphatic carbocycles. The molecular formula is C15H26N4O2S. The Hall–Kier alpha value is -0.990. The van der Waals surface area contributed by atoms with Gasteiger partial charge in [0.15, 0.2) is 0 Å². The van der Waals surface area contributed by atoms with Gasteiger partial charge in [-0.2, -0.15) is 0 Å². The Bertz CT molecular complexity index is 551. The van der Waals surface area contributed by atoms with E-state index < -0.39 is 10.0 Å². The summed E-state index contributed by atoms with van der Waals surface area (Å²) in [5, 5.41) is 3.28. The third kappa shape index (κ3) is 5.33. The summed E-state index contributed by atoms with van der Waals surface area (Å²) in [4.78, 5) is 4.64. The second-order valence-corrected chi connectivity index (χ2v) is 7.64. The van der Waals surface area contributed by atoms with E-state index in [4.69, 9.17) is 0 Å². The lowest BCUT2D eigenvalue weighted by atomic mass is 10.2. The summed E-state index contributed by atoms with van der Waals surface area (Å²) >= 11 is 0. The molecule has 1 aliphatic rings. The maximum absolute atomic E-state index is 12.3. The van der Waals surface area contributed by atoms with E-state index in [1.54, 1.807) is 12.1 Å². The number of benzene rings is 1. The summed E-state index contributed by atoms with van der Waals surface area (Å²) in [5.74, 6) is 0. The van der Waals surface area contributed by atoms with Crippen LogP contribution in [0.15, 0.2) is 29.2 Å². The van der Waals surface area contributed by atoms with Crippen LogP contribution in [0.1, 0.15) is 5.56 Å². The lowest BCUT2D eigenvalue weighted by molar-refractivity contribution is 0.245. The van der Waals surface area contributed by atoms with Crippen molar-refractivity contribution in [2.45, 2.75) is 11.4 Å². The molecule has 0 unspecified atom stereocenters. The zero-order valence-electron chi connectivity index (χ0n) is 13.4. The van der Waals surface area contributed by atoms with Crippen LogP contribution in [0.5, 0.6) is 0 Å². The van der Waals surface area contributed by atoms with Crippen molar-refractivity contribution in [3.05, 3.63) is 29.8 Å². The zero-order valence-corrected chi connectivity index (χ0v) is 14.2. The van der Waals surface area contributed by atoms with Crippen LogP contribution in [-0.4, -0.2) is 71.6 Å². The Balaban J connectivity index is 1.86. The van der Waals surface area contributed by atoms with Crippen LogP contribution in [0, 0.1) is 0 Å². The second-order valence-electron chi connectivity index (χ2n) is 5.87. The monoisotopic (exact) mass is 326 g/mol. The molecule has 1 fully saturated rings. The number of nitrogens with one attached hydrogen (secondary N) is 2. The fraction of sp³-hybridized carbons (Fsp3) is 0.600. The molecule has 1 aliphatic heterocycles. The zero-order chi connectivity index (χ0) is 16.0. The van der Waals surface area contributed by atoms with E-state index in [1.165, 1.54) is 0 Å². The molecule has 1 aromatic carbocycles. The van der Waals surface area contributed by atoms with Crippen molar-refractivity contribution < 1.29 is 8.42 Å². The van der Waals surface area contributed by atoms with E-state index in [0.717, 1.165) is 44.8 Å². The molecule has 6 nitrogen and oxygen atoms in total. The van der Waals surface area contributed by atoms with Gasteiger partial charge >= 0.3 is 0 Å². The highest BCUT2D eigenvalue weighted by Gasteiger charge is 2.15. The lowest BCUT2D eigenvalue weighted by Gasteiger charge is -2.27. The van der Waals surface area contributed by atoms with E-state index >= 15 is 0 Å². The molecule has 124 valence electrons. The molecule has 1 aromatic rings. The molecule has 1 heterocycles. The minimum atomic E-state index is -3.41. The van der Waals surface area contributed by atoms with Gasteiger partial charge in [0.1, 0.15) is 0 Å². The highest BCUT2D eigenvalue weighted by Crippen LogP contribution is 2.11. The van der Waals surface area contributed by atoms with Gasteiger partial charge in [0.2, 0.25) is 10.0 Å². The maximum atomic E-state index is 12.3. The Kier molecular flexibility index (Phi) is 6.34. The van der Waals surface area contributed by atoms with Crippen LogP contribution in [0.2, 0.25) is 0 Å².